The molecule has 4 rings (SSSR count). The van der Waals surface area contributed by atoms with Gasteiger partial charge in [0.1, 0.15) is 17.9 Å². The van der Waals surface area contributed by atoms with Gasteiger partial charge in [0.25, 0.3) is 0 Å². The van der Waals surface area contributed by atoms with E-state index in [9.17, 15) is 9.59 Å². The van der Waals surface area contributed by atoms with Gasteiger partial charge in [-0.25, -0.2) is 9.59 Å². The van der Waals surface area contributed by atoms with E-state index >= 15 is 0 Å². The van der Waals surface area contributed by atoms with Crippen molar-refractivity contribution in [2.75, 3.05) is 13.2 Å². The number of fused-ring (bicyclic) bond motifs is 1. The fourth-order valence-corrected chi connectivity index (χ4v) is 3.69. The maximum absolute atomic E-state index is 12.8. The van der Waals surface area contributed by atoms with E-state index in [1.165, 1.54) is 0 Å². The van der Waals surface area contributed by atoms with Crippen molar-refractivity contribution >= 4 is 16.9 Å². The Bertz CT molecular complexity index is 1140. The third-order valence-corrected chi connectivity index (χ3v) is 5.33. The maximum atomic E-state index is 12.8. The zero-order valence-corrected chi connectivity index (χ0v) is 18.2. The molecule has 2 heterocycles. The van der Waals surface area contributed by atoms with Crippen LogP contribution in [0.3, 0.4) is 0 Å². The Morgan fingerprint density at radius 1 is 1.12 bits per heavy atom. The van der Waals surface area contributed by atoms with Gasteiger partial charge in [-0.05, 0) is 44.4 Å². The second-order valence-corrected chi connectivity index (χ2v) is 7.57. The molecule has 168 valence electrons. The van der Waals surface area contributed by atoms with Crippen LogP contribution in [0, 0.1) is 6.92 Å². The molecule has 0 amide bonds. The molecule has 1 saturated heterocycles. The Balaban J connectivity index is 1.76. The van der Waals surface area contributed by atoms with E-state index in [1.54, 1.807) is 26.0 Å². The summed E-state index contributed by atoms with van der Waals surface area (Å²) in [5.74, 6) is -0.0765. The largest absolute Gasteiger partial charge is 0.487 e. The van der Waals surface area contributed by atoms with Crippen molar-refractivity contribution in [2.45, 2.75) is 46.0 Å². The van der Waals surface area contributed by atoms with Crippen molar-refractivity contribution in [1.82, 2.24) is 0 Å². The summed E-state index contributed by atoms with van der Waals surface area (Å²) >= 11 is 0. The minimum absolute atomic E-state index is 0.127. The lowest BCUT2D eigenvalue weighted by molar-refractivity contribution is -0.106. The normalized spacial score (nSPS) is 16.0. The van der Waals surface area contributed by atoms with Gasteiger partial charge in [-0.3, -0.25) is 0 Å². The number of hydrogen-bond donors (Lipinski definition) is 0. The molecule has 0 spiro atoms. The molecule has 7 heteroatoms. The lowest BCUT2D eigenvalue weighted by Crippen LogP contribution is -2.25. The number of hydrogen-bond acceptors (Lipinski definition) is 7. The molecule has 1 aromatic heterocycles. The average Bonchev–Trinajstić information content (AvgIpc) is 2.81. The predicted molar refractivity (Wildman–Crippen MR) is 118 cm³/mol. The first-order valence-electron chi connectivity index (χ1n) is 10.8. The van der Waals surface area contributed by atoms with Crippen LogP contribution in [-0.4, -0.2) is 25.5 Å². The van der Waals surface area contributed by atoms with Gasteiger partial charge in [0.05, 0.1) is 18.6 Å². The summed E-state index contributed by atoms with van der Waals surface area (Å²) in [5.41, 5.74) is 0.773. The number of aryl methyl sites for hydroxylation is 1. The van der Waals surface area contributed by atoms with Crippen LogP contribution in [-0.2, 0) is 16.1 Å². The smallest absolute Gasteiger partial charge is 0.354 e. The number of ether oxygens (including phenoxy) is 4. The lowest BCUT2D eigenvalue weighted by atomic mass is 10.1. The van der Waals surface area contributed by atoms with E-state index in [1.807, 2.05) is 30.3 Å². The Hall–Kier alpha value is -3.32. The molecule has 0 saturated carbocycles. The Kier molecular flexibility index (Phi) is 6.75. The first kappa shape index (κ1) is 21.9. The van der Waals surface area contributed by atoms with Gasteiger partial charge in [-0.1, -0.05) is 30.3 Å². The summed E-state index contributed by atoms with van der Waals surface area (Å²) in [4.78, 5) is 25.4. The van der Waals surface area contributed by atoms with Crippen LogP contribution >= 0.6 is 0 Å². The highest BCUT2D eigenvalue weighted by molar-refractivity contribution is 5.99. The third kappa shape index (κ3) is 4.62. The van der Waals surface area contributed by atoms with Gasteiger partial charge in [-0.2, -0.15) is 0 Å². The van der Waals surface area contributed by atoms with Crippen molar-refractivity contribution < 1.29 is 28.2 Å². The highest BCUT2D eigenvalue weighted by Crippen LogP contribution is 2.35. The van der Waals surface area contributed by atoms with Gasteiger partial charge >= 0.3 is 11.6 Å². The maximum Gasteiger partial charge on any atom is 0.354 e. The van der Waals surface area contributed by atoms with Crippen LogP contribution < -0.4 is 15.1 Å². The van der Waals surface area contributed by atoms with Crippen LogP contribution in [0.5, 0.6) is 11.5 Å². The molecule has 1 unspecified atom stereocenters. The van der Waals surface area contributed by atoms with E-state index < -0.39 is 11.6 Å². The first-order chi connectivity index (χ1) is 15.6. The third-order valence-electron chi connectivity index (χ3n) is 5.33. The highest BCUT2D eigenvalue weighted by atomic mass is 16.7. The van der Waals surface area contributed by atoms with E-state index in [0.717, 1.165) is 24.8 Å². The summed E-state index contributed by atoms with van der Waals surface area (Å²) in [6, 6.07) is 13.0. The molecule has 0 radical (unpaired) electrons. The Labute approximate surface area is 185 Å². The van der Waals surface area contributed by atoms with Crippen molar-refractivity contribution in [3.05, 3.63) is 69.6 Å². The van der Waals surface area contributed by atoms with Gasteiger partial charge in [0.2, 0.25) is 0 Å². The molecule has 0 N–H and O–H groups in total. The number of carbonyl (C=O) groups is 1. The van der Waals surface area contributed by atoms with Crippen LogP contribution in [0.15, 0.2) is 51.7 Å². The molecule has 2 aromatic carbocycles. The van der Waals surface area contributed by atoms with Crippen molar-refractivity contribution in [1.29, 1.82) is 0 Å². The van der Waals surface area contributed by atoms with Crippen LogP contribution in [0.2, 0.25) is 0 Å². The van der Waals surface area contributed by atoms with E-state index in [2.05, 4.69) is 0 Å². The number of esters is 1. The minimum atomic E-state index is -0.812. The fourth-order valence-electron chi connectivity index (χ4n) is 3.69. The lowest BCUT2D eigenvalue weighted by Gasteiger charge is -2.24. The molecule has 7 nitrogen and oxygen atoms in total. The summed E-state index contributed by atoms with van der Waals surface area (Å²) in [7, 11) is 0. The van der Waals surface area contributed by atoms with Crippen molar-refractivity contribution in [3.63, 3.8) is 0 Å². The van der Waals surface area contributed by atoms with Crippen molar-refractivity contribution in [3.8, 4) is 11.5 Å². The first-order valence-corrected chi connectivity index (χ1v) is 10.8. The van der Waals surface area contributed by atoms with Crippen LogP contribution in [0.4, 0.5) is 0 Å². The molecule has 1 fully saturated rings. The van der Waals surface area contributed by atoms with Crippen LogP contribution in [0.25, 0.3) is 11.0 Å². The average molecular weight is 438 g/mol. The molecule has 1 atom stereocenters. The Morgan fingerprint density at radius 3 is 2.66 bits per heavy atom. The second-order valence-electron chi connectivity index (χ2n) is 7.57. The molecular formula is C25H26O7. The second kappa shape index (κ2) is 9.87. The number of rotatable bonds is 7. The summed E-state index contributed by atoms with van der Waals surface area (Å²) in [5, 5.41) is 0.498. The van der Waals surface area contributed by atoms with Crippen molar-refractivity contribution in [2.24, 2.45) is 0 Å². The zero-order chi connectivity index (χ0) is 22.5. The monoisotopic (exact) mass is 438 g/mol. The van der Waals surface area contributed by atoms with E-state index in [0.29, 0.717) is 28.9 Å². The number of carbonyl (C=O) groups excluding carboxylic acids is 1. The molecule has 0 bridgehead atoms. The van der Waals surface area contributed by atoms with Gasteiger partial charge in [0, 0.05) is 12.0 Å². The molecule has 0 aliphatic carbocycles. The van der Waals surface area contributed by atoms with E-state index in [4.69, 9.17) is 23.4 Å². The SMILES string of the molecule is CCOC(=O)c1c(OCc2ccccc2)c2ccc(OC3CCCCO3)c(C)c2oc1=O. The zero-order valence-electron chi connectivity index (χ0n) is 18.2. The van der Waals surface area contributed by atoms with E-state index in [-0.39, 0.29) is 30.8 Å². The van der Waals surface area contributed by atoms with Gasteiger partial charge in [0.15, 0.2) is 17.6 Å². The summed E-state index contributed by atoms with van der Waals surface area (Å²) in [6.07, 6.45) is 2.52. The Morgan fingerprint density at radius 2 is 1.94 bits per heavy atom. The van der Waals surface area contributed by atoms with Gasteiger partial charge < -0.3 is 23.4 Å². The molecule has 1 aliphatic heterocycles. The quantitative estimate of drug-likeness (QED) is 0.388. The highest BCUT2D eigenvalue weighted by Gasteiger charge is 2.26. The summed E-state index contributed by atoms with van der Waals surface area (Å²) < 4.78 is 28.3. The predicted octanol–water partition coefficient (Wildman–Crippen LogP) is 4.76. The van der Waals surface area contributed by atoms with Gasteiger partial charge in [-0.15, -0.1) is 0 Å². The minimum Gasteiger partial charge on any atom is -0.487 e. The topological polar surface area (TPSA) is 84.2 Å². The molecule has 1 aliphatic rings. The summed E-state index contributed by atoms with van der Waals surface area (Å²) in [6.45, 7) is 4.44. The molecule has 32 heavy (non-hydrogen) atoms. The fraction of sp³-hybridized carbons (Fsp3) is 0.360. The number of benzene rings is 2. The standard InChI is InChI=1S/C25H26O7/c1-3-28-24(26)21-23(30-15-17-9-5-4-6-10-17)18-12-13-19(16(2)22(18)32-25(21)27)31-20-11-7-8-14-29-20/h4-6,9-10,12-13,20H,3,7-8,11,14-15H2,1-2H3. The van der Waals surface area contributed by atoms with Crippen LogP contribution in [0.1, 0.15) is 47.7 Å². The molecular weight excluding hydrogens is 412 g/mol. The molecule has 3 aromatic rings.